The zero-order valence-electron chi connectivity index (χ0n) is 14.7. The average Bonchev–Trinajstić information content (AvgIpc) is 2.70. The van der Waals surface area contributed by atoms with Crippen LogP contribution in [0.5, 0.6) is 0 Å². The molecular formula is C22H17FN4. The zero-order valence-corrected chi connectivity index (χ0v) is 14.7. The van der Waals surface area contributed by atoms with E-state index in [-0.39, 0.29) is 5.82 Å². The van der Waals surface area contributed by atoms with E-state index in [1.165, 1.54) is 6.07 Å². The van der Waals surface area contributed by atoms with Gasteiger partial charge in [0.2, 0.25) is 0 Å². The zero-order chi connectivity index (χ0) is 18.8. The van der Waals surface area contributed by atoms with Crippen molar-refractivity contribution < 1.29 is 4.39 Å². The van der Waals surface area contributed by atoms with Crippen LogP contribution in [0.15, 0.2) is 83.2 Å². The molecule has 0 atom stereocenters. The number of hydrogen-bond acceptors (Lipinski definition) is 4. The summed E-state index contributed by atoms with van der Waals surface area (Å²) in [7, 11) is 0. The van der Waals surface area contributed by atoms with Gasteiger partial charge in [-0.3, -0.25) is 4.98 Å². The van der Waals surface area contributed by atoms with Crippen molar-refractivity contribution in [3.8, 4) is 11.3 Å². The van der Waals surface area contributed by atoms with Gasteiger partial charge >= 0.3 is 0 Å². The molecule has 0 aliphatic heterocycles. The van der Waals surface area contributed by atoms with Crippen molar-refractivity contribution in [1.82, 2.24) is 4.98 Å². The minimum Gasteiger partial charge on any atom is -0.396 e. The van der Waals surface area contributed by atoms with E-state index in [1.54, 1.807) is 30.5 Å². The summed E-state index contributed by atoms with van der Waals surface area (Å²) in [5, 5.41) is 10.5. The number of aromatic nitrogens is 1. The van der Waals surface area contributed by atoms with Crippen LogP contribution >= 0.6 is 0 Å². The van der Waals surface area contributed by atoms with E-state index in [4.69, 9.17) is 5.73 Å². The SMILES string of the molecule is Cc1ccc(F)c(-c2ccc(N=Nc3ccc4ccccc4c3N)cn2)c1. The summed E-state index contributed by atoms with van der Waals surface area (Å²) < 4.78 is 14.0. The lowest BCUT2D eigenvalue weighted by Gasteiger charge is -2.05. The van der Waals surface area contributed by atoms with Crippen LogP contribution in [0.4, 0.5) is 21.5 Å². The lowest BCUT2D eigenvalue weighted by molar-refractivity contribution is 0.630. The van der Waals surface area contributed by atoms with Gasteiger partial charge in [-0.05, 0) is 42.6 Å². The molecule has 4 rings (SSSR count). The second kappa shape index (κ2) is 6.96. The largest absolute Gasteiger partial charge is 0.396 e. The molecule has 4 nitrogen and oxygen atoms in total. The summed E-state index contributed by atoms with van der Waals surface area (Å²) in [6.45, 7) is 1.92. The van der Waals surface area contributed by atoms with E-state index in [1.807, 2.05) is 43.3 Å². The Hall–Kier alpha value is -3.60. The van der Waals surface area contributed by atoms with Gasteiger partial charge in [-0.25, -0.2) is 4.39 Å². The number of nitrogens with zero attached hydrogens (tertiary/aromatic N) is 3. The standard InChI is InChI=1S/C22H17FN4/c1-14-6-9-19(23)18(12-14)20-11-8-16(13-25-20)26-27-21-10-7-15-4-2-3-5-17(15)22(21)24/h2-13H,24H2,1H3. The summed E-state index contributed by atoms with van der Waals surface area (Å²) >= 11 is 0. The fourth-order valence-corrected chi connectivity index (χ4v) is 2.92. The lowest BCUT2D eigenvalue weighted by Crippen LogP contribution is -1.88. The Morgan fingerprint density at radius 3 is 2.59 bits per heavy atom. The molecule has 1 heterocycles. The van der Waals surface area contributed by atoms with Crippen LogP contribution in [0, 0.1) is 12.7 Å². The Bertz CT molecular complexity index is 1150. The first-order valence-electron chi connectivity index (χ1n) is 8.53. The Morgan fingerprint density at radius 2 is 1.78 bits per heavy atom. The lowest BCUT2D eigenvalue weighted by atomic mass is 10.1. The summed E-state index contributed by atoms with van der Waals surface area (Å²) in [6, 6.07) is 20.1. The number of pyridine rings is 1. The number of anilines is 1. The molecule has 5 heteroatoms. The van der Waals surface area contributed by atoms with E-state index in [0.29, 0.717) is 28.3 Å². The van der Waals surface area contributed by atoms with Gasteiger partial charge < -0.3 is 5.73 Å². The number of hydrogen-bond donors (Lipinski definition) is 1. The van der Waals surface area contributed by atoms with Gasteiger partial charge in [-0.15, -0.1) is 10.2 Å². The van der Waals surface area contributed by atoms with E-state index in [9.17, 15) is 4.39 Å². The predicted octanol–water partition coefficient (Wildman–Crippen LogP) is 6.35. The van der Waals surface area contributed by atoms with Crippen LogP contribution in [0.1, 0.15) is 5.56 Å². The van der Waals surface area contributed by atoms with Crippen molar-refractivity contribution in [2.45, 2.75) is 6.92 Å². The third-order valence-electron chi connectivity index (χ3n) is 4.37. The van der Waals surface area contributed by atoms with Crippen molar-refractivity contribution >= 4 is 27.8 Å². The van der Waals surface area contributed by atoms with E-state index in [0.717, 1.165) is 16.3 Å². The molecule has 0 bridgehead atoms. The highest BCUT2D eigenvalue weighted by Crippen LogP contribution is 2.32. The quantitative estimate of drug-likeness (QED) is 0.343. The summed E-state index contributed by atoms with van der Waals surface area (Å²) in [6.07, 6.45) is 1.57. The highest BCUT2D eigenvalue weighted by atomic mass is 19.1. The Kier molecular flexibility index (Phi) is 4.34. The van der Waals surface area contributed by atoms with Gasteiger partial charge in [0.25, 0.3) is 0 Å². The monoisotopic (exact) mass is 356 g/mol. The molecule has 27 heavy (non-hydrogen) atoms. The van der Waals surface area contributed by atoms with Crippen LogP contribution in [0.3, 0.4) is 0 Å². The van der Waals surface area contributed by atoms with Crippen LogP contribution < -0.4 is 5.73 Å². The molecular weight excluding hydrogens is 339 g/mol. The van der Waals surface area contributed by atoms with E-state index >= 15 is 0 Å². The molecule has 0 spiro atoms. The van der Waals surface area contributed by atoms with Gasteiger partial charge in [-0.1, -0.05) is 42.0 Å². The smallest absolute Gasteiger partial charge is 0.132 e. The van der Waals surface area contributed by atoms with Crippen molar-refractivity contribution in [2.75, 3.05) is 5.73 Å². The minimum atomic E-state index is -0.300. The molecule has 0 radical (unpaired) electrons. The molecule has 3 aromatic carbocycles. The number of nitrogens with two attached hydrogens (primary N) is 1. The molecule has 4 aromatic rings. The Labute approximate surface area is 156 Å². The molecule has 0 saturated carbocycles. The van der Waals surface area contributed by atoms with Crippen LogP contribution in [-0.2, 0) is 0 Å². The third kappa shape index (κ3) is 3.40. The fourth-order valence-electron chi connectivity index (χ4n) is 2.92. The van der Waals surface area contributed by atoms with Crippen LogP contribution in [0.25, 0.3) is 22.0 Å². The number of halogens is 1. The van der Waals surface area contributed by atoms with Gasteiger partial charge in [0.1, 0.15) is 17.2 Å². The average molecular weight is 356 g/mol. The number of aryl methyl sites for hydroxylation is 1. The van der Waals surface area contributed by atoms with Crippen molar-refractivity contribution in [3.05, 3.63) is 84.3 Å². The maximum Gasteiger partial charge on any atom is 0.132 e. The molecule has 132 valence electrons. The normalized spacial score (nSPS) is 11.3. The maximum atomic E-state index is 14.0. The van der Waals surface area contributed by atoms with Gasteiger partial charge in [0, 0.05) is 10.9 Å². The number of azo groups is 1. The minimum absolute atomic E-state index is 0.300. The predicted molar refractivity (Wildman–Crippen MR) is 107 cm³/mol. The van der Waals surface area contributed by atoms with Gasteiger partial charge in [0.05, 0.1) is 17.6 Å². The van der Waals surface area contributed by atoms with Gasteiger partial charge in [-0.2, -0.15) is 0 Å². The van der Waals surface area contributed by atoms with Crippen molar-refractivity contribution in [3.63, 3.8) is 0 Å². The van der Waals surface area contributed by atoms with E-state index in [2.05, 4.69) is 15.2 Å². The summed E-state index contributed by atoms with van der Waals surface area (Å²) in [5.41, 5.74) is 9.96. The number of benzene rings is 3. The third-order valence-corrected chi connectivity index (χ3v) is 4.37. The first-order chi connectivity index (χ1) is 13.1. The Morgan fingerprint density at radius 1 is 0.926 bits per heavy atom. The second-order valence-electron chi connectivity index (χ2n) is 6.30. The molecule has 0 amide bonds. The maximum absolute atomic E-state index is 14.0. The Balaban J connectivity index is 1.62. The van der Waals surface area contributed by atoms with Crippen molar-refractivity contribution in [1.29, 1.82) is 0 Å². The number of fused-ring (bicyclic) bond motifs is 1. The number of nitrogen functional groups attached to an aromatic ring is 1. The molecule has 0 aliphatic rings. The van der Waals surface area contributed by atoms with Gasteiger partial charge in [0.15, 0.2) is 0 Å². The molecule has 0 aliphatic carbocycles. The first kappa shape index (κ1) is 16.8. The molecule has 0 unspecified atom stereocenters. The summed E-state index contributed by atoms with van der Waals surface area (Å²) in [4.78, 5) is 4.31. The van der Waals surface area contributed by atoms with Crippen molar-refractivity contribution in [2.24, 2.45) is 10.2 Å². The highest BCUT2D eigenvalue weighted by Gasteiger charge is 2.07. The van der Waals surface area contributed by atoms with E-state index < -0.39 is 0 Å². The second-order valence-corrected chi connectivity index (χ2v) is 6.30. The molecule has 0 fully saturated rings. The summed E-state index contributed by atoms with van der Waals surface area (Å²) in [5.74, 6) is -0.300. The highest BCUT2D eigenvalue weighted by molar-refractivity contribution is 5.97. The number of rotatable bonds is 3. The first-order valence-corrected chi connectivity index (χ1v) is 8.53. The molecule has 1 aromatic heterocycles. The topological polar surface area (TPSA) is 63.6 Å². The van der Waals surface area contributed by atoms with Crippen LogP contribution in [0.2, 0.25) is 0 Å². The molecule has 2 N–H and O–H groups in total. The van der Waals surface area contributed by atoms with Crippen LogP contribution in [-0.4, -0.2) is 4.98 Å². The molecule has 0 saturated heterocycles. The fraction of sp³-hybridized carbons (Fsp3) is 0.0455.